The van der Waals surface area contributed by atoms with E-state index in [1.165, 1.54) is 0 Å². The Kier molecular flexibility index (Phi) is 2.09. The maximum absolute atomic E-state index is 8.83. The summed E-state index contributed by atoms with van der Waals surface area (Å²) in [5, 5.41) is 8.83. The smallest absolute Gasteiger partial charge is 0.0474 e. The van der Waals surface area contributed by atoms with Crippen LogP contribution in [0.3, 0.4) is 0 Å². The second-order valence-electron chi connectivity index (χ2n) is 3.14. The largest absolute Gasteiger partial charge is 0.396 e. The molecule has 1 saturated heterocycles. The van der Waals surface area contributed by atoms with Crippen LogP contribution in [0.5, 0.6) is 0 Å². The van der Waals surface area contributed by atoms with Crippen LogP contribution in [0.1, 0.15) is 6.92 Å². The number of aliphatic hydroxyl groups is 1. The average Bonchev–Trinajstić information content (AvgIpc) is 2.10. The lowest BCUT2D eigenvalue weighted by atomic mass is 10.00. The van der Waals surface area contributed by atoms with Gasteiger partial charge in [-0.25, -0.2) is 0 Å². The van der Waals surface area contributed by atoms with Crippen LogP contribution < -0.4 is 0 Å². The highest BCUT2D eigenvalue weighted by atomic mass is 16.3. The van der Waals surface area contributed by atoms with Gasteiger partial charge in [-0.3, -0.25) is 0 Å². The normalized spacial score (nSPS) is 37.7. The van der Waals surface area contributed by atoms with E-state index in [9.17, 15) is 0 Å². The van der Waals surface area contributed by atoms with Crippen LogP contribution in [-0.2, 0) is 0 Å². The Bertz CT molecular complexity index is 94.9. The van der Waals surface area contributed by atoms with Gasteiger partial charge in [-0.2, -0.15) is 0 Å². The van der Waals surface area contributed by atoms with Crippen molar-refractivity contribution in [1.29, 1.82) is 0 Å². The van der Waals surface area contributed by atoms with Crippen molar-refractivity contribution in [2.45, 2.75) is 6.92 Å². The second-order valence-corrected chi connectivity index (χ2v) is 3.14. The summed E-state index contributed by atoms with van der Waals surface area (Å²) in [6, 6.07) is 0. The van der Waals surface area contributed by atoms with Crippen molar-refractivity contribution in [3.8, 4) is 0 Å². The summed E-state index contributed by atoms with van der Waals surface area (Å²) >= 11 is 0. The molecule has 1 N–H and O–H groups in total. The molecule has 0 saturated carbocycles. The van der Waals surface area contributed by atoms with E-state index in [1.807, 2.05) is 0 Å². The number of rotatable bonds is 1. The first-order chi connectivity index (χ1) is 4.24. The van der Waals surface area contributed by atoms with Crippen molar-refractivity contribution in [3.63, 3.8) is 0 Å². The number of likely N-dealkylation sites (tertiary alicyclic amines) is 1. The molecule has 1 aliphatic rings. The third kappa shape index (κ3) is 1.43. The third-order valence-electron chi connectivity index (χ3n) is 2.19. The fourth-order valence-corrected chi connectivity index (χ4v) is 1.53. The Labute approximate surface area is 56.5 Å². The average molecular weight is 129 g/mol. The Morgan fingerprint density at radius 3 is 2.44 bits per heavy atom. The van der Waals surface area contributed by atoms with E-state index in [4.69, 9.17) is 5.11 Å². The molecule has 0 aromatic carbocycles. The molecule has 54 valence electrons. The molecule has 1 heterocycles. The molecular weight excluding hydrogens is 114 g/mol. The maximum Gasteiger partial charge on any atom is 0.0474 e. The van der Waals surface area contributed by atoms with Gasteiger partial charge in [0.2, 0.25) is 0 Å². The number of nitrogens with zero attached hydrogens (tertiary/aromatic N) is 1. The van der Waals surface area contributed by atoms with Gasteiger partial charge in [0, 0.05) is 19.7 Å². The second kappa shape index (κ2) is 2.67. The summed E-state index contributed by atoms with van der Waals surface area (Å²) in [6.07, 6.45) is 0. The summed E-state index contributed by atoms with van der Waals surface area (Å²) in [5.74, 6) is 1.20. The fraction of sp³-hybridized carbons (Fsp3) is 1.00. The Morgan fingerprint density at radius 1 is 1.56 bits per heavy atom. The van der Waals surface area contributed by atoms with Crippen molar-refractivity contribution in [2.24, 2.45) is 11.8 Å². The van der Waals surface area contributed by atoms with E-state index in [0.29, 0.717) is 18.4 Å². The molecule has 0 radical (unpaired) electrons. The number of hydrogen-bond acceptors (Lipinski definition) is 2. The van der Waals surface area contributed by atoms with Crippen molar-refractivity contribution >= 4 is 0 Å². The molecule has 2 heteroatoms. The van der Waals surface area contributed by atoms with Crippen LogP contribution in [0.4, 0.5) is 0 Å². The Hall–Kier alpha value is -0.0800. The van der Waals surface area contributed by atoms with Gasteiger partial charge in [0.25, 0.3) is 0 Å². The van der Waals surface area contributed by atoms with E-state index >= 15 is 0 Å². The lowest BCUT2D eigenvalue weighted by Crippen LogP contribution is -2.15. The molecule has 0 unspecified atom stereocenters. The van der Waals surface area contributed by atoms with Gasteiger partial charge in [0.05, 0.1) is 0 Å². The van der Waals surface area contributed by atoms with Gasteiger partial charge in [-0.05, 0) is 18.9 Å². The van der Waals surface area contributed by atoms with E-state index in [0.717, 1.165) is 13.1 Å². The van der Waals surface area contributed by atoms with E-state index in [2.05, 4.69) is 18.9 Å². The molecular formula is C7H15NO. The molecule has 2 atom stereocenters. The summed E-state index contributed by atoms with van der Waals surface area (Å²) in [5.41, 5.74) is 0. The maximum atomic E-state index is 8.83. The van der Waals surface area contributed by atoms with Gasteiger partial charge in [0.15, 0.2) is 0 Å². The molecule has 1 rings (SSSR count). The van der Waals surface area contributed by atoms with Crippen LogP contribution in [0.25, 0.3) is 0 Å². The quantitative estimate of drug-likeness (QED) is 0.546. The van der Waals surface area contributed by atoms with Crippen LogP contribution >= 0.6 is 0 Å². The third-order valence-corrected chi connectivity index (χ3v) is 2.19. The molecule has 9 heavy (non-hydrogen) atoms. The van der Waals surface area contributed by atoms with Crippen molar-refractivity contribution in [2.75, 3.05) is 26.7 Å². The molecule has 0 bridgehead atoms. The minimum atomic E-state index is 0.353. The van der Waals surface area contributed by atoms with Gasteiger partial charge in [-0.15, -0.1) is 0 Å². The van der Waals surface area contributed by atoms with Crippen molar-refractivity contribution in [3.05, 3.63) is 0 Å². The lowest BCUT2D eigenvalue weighted by Gasteiger charge is -2.08. The Balaban J connectivity index is 2.38. The first-order valence-corrected chi connectivity index (χ1v) is 3.53. The van der Waals surface area contributed by atoms with Crippen LogP contribution in [0, 0.1) is 11.8 Å². The fourth-order valence-electron chi connectivity index (χ4n) is 1.53. The zero-order valence-electron chi connectivity index (χ0n) is 6.17. The predicted octanol–water partition coefficient (Wildman–Crippen LogP) is 0.176. The van der Waals surface area contributed by atoms with Gasteiger partial charge in [-0.1, -0.05) is 6.92 Å². The SMILES string of the molecule is C[C@@H]1CN(C)C[C@H]1CO. The van der Waals surface area contributed by atoms with Crippen LogP contribution in [-0.4, -0.2) is 36.8 Å². The molecule has 0 aromatic rings. The van der Waals surface area contributed by atoms with E-state index in [1.54, 1.807) is 0 Å². The molecule has 1 aliphatic heterocycles. The Morgan fingerprint density at radius 2 is 2.22 bits per heavy atom. The first kappa shape index (κ1) is 7.03. The minimum absolute atomic E-state index is 0.353. The van der Waals surface area contributed by atoms with Gasteiger partial charge < -0.3 is 10.0 Å². The van der Waals surface area contributed by atoms with Crippen LogP contribution in [0.15, 0.2) is 0 Å². The lowest BCUT2D eigenvalue weighted by molar-refractivity contribution is 0.208. The zero-order chi connectivity index (χ0) is 6.85. The number of hydrogen-bond donors (Lipinski definition) is 1. The molecule has 1 fully saturated rings. The summed E-state index contributed by atoms with van der Waals surface area (Å²) in [7, 11) is 2.10. The highest BCUT2D eigenvalue weighted by Crippen LogP contribution is 2.20. The predicted molar refractivity (Wildman–Crippen MR) is 37.2 cm³/mol. The molecule has 0 aromatic heterocycles. The highest BCUT2D eigenvalue weighted by molar-refractivity contribution is 4.78. The summed E-state index contributed by atoms with van der Waals surface area (Å²) < 4.78 is 0. The van der Waals surface area contributed by atoms with E-state index in [-0.39, 0.29) is 0 Å². The highest BCUT2D eigenvalue weighted by Gasteiger charge is 2.25. The molecule has 2 nitrogen and oxygen atoms in total. The molecule has 0 amide bonds. The van der Waals surface area contributed by atoms with E-state index < -0.39 is 0 Å². The standard InChI is InChI=1S/C7H15NO/c1-6-3-8(2)4-7(6)5-9/h6-7,9H,3-5H2,1-2H3/t6-,7+/m1/s1. The first-order valence-electron chi connectivity index (χ1n) is 3.53. The zero-order valence-corrected chi connectivity index (χ0v) is 6.17. The van der Waals surface area contributed by atoms with Crippen molar-refractivity contribution in [1.82, 2.24) is 4.90 Å². The number of aliphatic hydroxyl groups excluding tert-OH is 1. The van der Waals surface area contributed by atoms with Crippen LogP contribution in [0.2, 0.25) is 0 Å². The van der Waals surface area contributed by atoms with Gasteiger partial charge in [0.1, 0.15) is 0 Å². The minimum Gasteiger partial charge on any atom is -0.396 e. The summed E-state index contributed by atoms with van der Waals surface area (Å²) in [6.45, 7) is 4.76. The monoisotopic (exact) mass is 129 g/mol. The van der Waals surface area contributed by atoms with Gasteiger partial charge >= 0.3 is 0 Å². The molecule has 0 spiro atoms. The van der Waals surface area contributed by atoms with Crippen molar-refractivity contribution < 1.29 is 5.11 Å². The topological polar surface area (TPSA) is 23.5 Å². The molecule has 0 aliphatic carbocycles. The summed E-state index contributed by atoms with van der Waals surface area (Å²) in [4.78, 5) is 2.27.